The molecule has 2 atom stereocenters. The first-order valence-corrected chi connectivity index (χ1v) is 7.52. The quantitative estimate of drug-likeness (QED) is 0.884. The Hall–Kier alpha value is -1.43. The fourth-order valence-electron chi connectivity index (χ4n) is 2.58. The highest BCUT2D eigenvalue weighted by atomic mass is 32.1. The van der Waals surface area contributed by atoms with Gasteiger partial charge in [-0.2, -0.15) is 0 Å². The first kappa shape index (κ1) is 12.6. The molecule has 6 heteroatoms. The van der Waals surface area contributed by atoms with Crippen LogP contribution in [0.25, 0.3) is 0 Å². The Bertz CT molecular complexity index is 510. The van der Waals surface area contributed by atoms with Crippen molar-refractivity contribution in [3.63, 3.8) is 0 Å². The van der Waals surface area contributed by atoms with E-state index < -0.39 is 11.9 Å². The highest BCUT2D eigenvalue weighted by Gasteiger charge is 2.34. The Labute approximate surface area is 115 Å². The predicted octanol–water partition coefficient (Wildman–Crippen LogP) is 2.00. The Morgan fingerprint density at radius 2 is 2.11 bits per heavy atom. The van der Waals surface area contributed by atoms with Crippen LogP contribution in [0.15, 0.2) is 5.38 Å². The van der Waals surface area contributed by atoms with Gasteiger partial charge in [0, 0.05) is 17.3 Å². The standard InChI is InChI=1S/C13H16N2O3S/c16-11(10-6-19-12(15-10)7-4-5-7)14-9-3-1-2-8(9)13(17)18/h6-9H,1-5H2,(H,14,16)(H,17,18). The number of carboxylic acid groups (broad SMARTS) is 1. The summed E-state index contributed by atoms with van der Waals surface area (Å²) in [5, 5.41) is 14.7. The average Bonchev–Trinajstić information content (AvgIpc) is 2.92. The summed E-state index contributed by atoms with van der Waals surface area (Å²) in [4.78, 5) is 27.5. The first-order valence-electron chi connectivity index (χ1n) is 6.64. The summed E-state index contributed by atoms with van der Waals surface area (Å²) in [5.74, 6) is -0.962. The van der Waals surface area contributed by atoms with Crippen molar-refractivity contribution in [1.82, 2.24) is 10.3 Å². The number of carboxylic acids is 1. The van der Waals surface area contributed by atoms with E-state index in [4.69, 9.17) is 5.11 Å². The molecule has 2 saturated carbocycles. The van der Waals surface area contributed by atoms with Gasteiger partial charge < -0.3 is 10.4 Å². The van der Waals surface area contributed by atoms with Crippen LogP contribution in [0, 0.1) is 5.92 Å². The van der Waals surface area contributed by atoms with Crippen LogP contribution in [0.3, 0.4) is 0 Å². The number of nitrogens with zero attached hydrogens (tertiary/aromatic N) is 1. The molecule has 2 aliphatic carbocycles. The molecule has 1 amide bonds. The average molecular weight is 280 g/mol. The van der Waals surface area contributed by atoms with Crippen LogP contribution in [0.1, 0.15) is 53.5 Å². The molecule has 0 spiro atoms. The molecular formula is C13H16N2O3S. The van der Waals surface area contributed by atoms with E-state index in [1.54, 1.807) is 5.38 Å². The van der Waals surface area contributed by atoms with Gasteiger partial charge in [0.15, 0.2) is 0 Å². The van der Waals surface area contributed by atoms with Crippen molar-refractivity contribution >= 4 is 23.2 Å². The number of carbonyl (C=O) groups excluding carboxylic acids is 1. The highest BCUT2D eigenvalue weighted by Crippen LogP contribution is 2.41. The van der Waals surface area contributed by atoms with Gasteiger partial charge in [-0.05, 0) is 25.7 Å². The fourth-order valence-corrected chi connectivity index (χ4v) is 3.55. The lowest BCUT2D eigenvalue weighted by molar-refractivity contribution is -0.142. The Balaban J connectivity index is 1.64. The van der Waals surface area contributed by atoms with E-state index in [9.17, 15) is 9.59 Å². The third-order valence-corrected chi connectivity index (χ3v) is 4.84. The molecule has 0 radical (unpaired) electrons. The van der Waals surface area contributed by atoms with E-state index in [1.165, 1.54) is 11.3 Å². The van der Waals surface area contributed by atoms with Crippen molar-refractivity contribution in [3.8, 4) is 0 Å². The zero-order valence-corrected chi connectivity index (χ0v) is 11.3. The van der Waals surface area contributed by atoms with Crippen LogP contribution in [0.5, 0.6) is 0 Å². The lowest BCUT2D eigenvalue weighted by Gasteiger charge is -2.16. The van der Waals surface area contributed by atoms with Crippen molar-refractivity contribution in [2.45, 2.75) is 44.1 Å². The minimum absolute atomic E-state index is 0.235. The Morgan fingerprint density at radius 1 is 1.32 bits per heavy atom. The van der Waals surface area contributed by atoms with Gasteiger partial charge in [-0.25, -0.2) is 4.98 Å². The number of amides is 1. The van der Waals surface area contributed by atoms with Crippen LogP contribution in [-0.2, 0) is 4.79 Å². The molecule has 19 heavy (non-hydrogen) atoms. The maximum Gasteiger partial charge on any atom is 0.308 e. The number of rotatable bonds is 4. The third-order valence-electron chi connectivity index (χ3n) is 3.83. The number of hydrogen-bond acceptors (Lipinski definition) is 4. The lowest BCUT2D eigenvalue weighted by atomic mass is 10.0. The largest absolute Gasteiger partial charge is 0.481 e. The maximum absolute atomic E-state index is 12.1. The monoisotopic (exact) mass is 280 g/mol. The summed E-state index contributed by atoms with van der Waals surface area (Å²) in [5.41, 5.74) is 0.433. The summed E-state index contributed by atoms with van der Waals surface area (Å²) in [6, 6.07) is -0.254. The molecule has 1 aromatic heterocycles. The van der Waals surface area contributed by atoms with Crippen LogP contribution in [-0.4, -0.2) is 28.0 Å². The smallest absolute Gasteiger partial charge is 0.308 e. The molecule has 2 fully saturated rings. The molecular weight excluding hydrogens is 264 g/mol. The number of aliphatic carboxylic acids is 1. The van der Waals surface area contributed by atoms with Crippen LogP contribution < -0.4 is 5.32 Å². The molecule has 0 aromatic carbocycles. The molecule has 3 rings (SSSR count). The molecule has 0 aliphatic heterocycles. The summed E-state index contributed by atoms with van der Waals surface area (Å²) < 4.78 is 0. The number of nitrogens with one attached hydrogen (secondary N) is 1. The summed E-state index contributed by atoms with van der Waals surface area (Å²) >= 11 is 1.53. The molecule has 1 heterocycles. The van der Waals surface area contributed by atoms with Crippen molar-refractivity contribution < 1.29 is 14.7 Å². The maximum atomic E-state index is 12.1. The second-order valence-electron chi connectivity index (χ2n) is 5.30. The zero-order chi connectivity index (χ0) is 13.4. The van der Waals surface area contributed by atoms with Gasteiger partial charge in [0.25, 0.3) is 5.91 Å². The second-order valence-corrected chi connectivity index (χ2v) is 6.19. The number of carbonyl (C=O) groups is 2. The van der Waals surface area contributed by atoms with Crippen molar-refractivity contribution in [2.24, 2.45) is 5.92 Å². The normalized spacial score (nSPS) is 26.3. The van der Waals surface area contributed by atoms with E-state index in [1.807, 2.05) is 0 Å². The third kappa shape index (κ3) is 2.63. The van der Waals surface area contributed by atoms with E-state index in [-0.39, 0.29) is 11.9 Å². The lowest BCUT2D eigenvalue weighted by Crippen LogP contribution is -2.40. The van der Waals surface area contributed by atoms with Gasteiger partial charge in [0.05, 0.1) is 10.9 Å². The summed E-state index contributed by atoms with van der Waals surface area (Å²) in [7, 11) is 0. The molecule has 0 bridgehead atoms. The van der Waals surface area contributed by atoms with Crippen molar-refractivity contribution in [2.75, 3.05) is 0 Å². The molecule has 5 nitrogen and oxygen atoms in total. The van der Waals surface area contributed by atoms with Crippen LogP contribution >= 0.6 is 11.3 Å². The second kappa shape index (κ2) is 4.92. The van der Waals surface area contributed by atoms with Gasteiger partial charge >= 0.3 is 5.97 Å². The van der Waals surface area contributed by atoms with Gasteiger partial charge in [0.1, 0.15) is 5.69 Å². The minimum Gasteiger partial charge on any atom is -0.481 e. The van der Waals surface area contributed by atoms with Crippen LogP contribution in [0.2, 0.25) is 0 Å². The van der Waals surface area contributed by atoms with Gasteiger partial charge in [-0.15, -0.1) is 11.3 Å². The highest BCUT2D eigenvalue weighted by molar-refractivity contribution is 7.10. The minimum atomic E-state index is -0.820. The Morgan fingerprint density at radius 3 is 2.79 bits per heavy atom. The fraction of sp³-hybridized carbons (Fsp3) is 0.615. The summed E-state index contributed by atoms with van der Waals surface area (Å²) in [6.07, 6.45) is 4.57. The molecule has 0 saturated heterocycles. The molecule has 102 valence electrons. The molecule has 2 N–H and O–H groups in total. The number of aromatic nitrogens is 1. The van der Waals surface area contributed by atoms with Gasteiger partial charge in [0.2, 0.25) is 0 Å². The SMILES string of the molecule is O=C(NC1CCCC1C(=O)O)c1csc(C2CC2)n1. The first-order chi connectivity index (χ1) is 9.15. The topological polar surface area (TPSA) is 79.3 Å². The molecule has 2 unspecified atom stereocenters. The Kier molecular flexibility index (Phi) is 3.26. The zero-order valence-electron chi connectivity index (χ0n) is 10.5. The summed E-state index contributed by atoms with van der Waals surface area (Å²) in [6.45, 7) is 0. The van der Waals surface area contributed by atoms with E-state index in [0.717, 1.165) is 30.7 Å². The molecule has 1 aromatic rings. The molecule has 2 aliphatic rings. The predicted molar refractivity (Wildman–Crippen MR) is 70.3 cm³/mol. The number of thiazole rings is 1. The van der Waals surface area contributed by atoms with Crippen molar-refractivity contribution in [1.29, 1.82) is 0 Å². The van der Waals surface area contributed by atoms with E-state index >= 15 is 0 Å². The van der Waals surface area contributed by atoms with Gasteiger partial charge in [-0.1, -0.05) is 6.42 Å². The van der Waals surface area contributed by atoms with Gasteiger partial charge in [-0.3, -0.25) is 9.59 Å². The van der Waals surface area contributed by atoms with Crippen molar-refractivity contribution in [3.05, 3.63) is 16.1 Å². The number of hydrogen-bond donors (Lipinski definition) is 2. The van der Waals surface area contributed by atoms with E-state index in [0.29, 0.717) is 18.0 Å². The van der Waals surface area contributed by atoms with Crippen LogP contribution in [0.4, 0.5) is 0 Å². The van der Waals surface area contributed by atoms with E-state index in [2.05, 4.69) is 10.3 Å².